The van der Waals surface area contributed by atoms with E-state index in [1.807, 2.05) is 0 Å². The molecule has 0 aromatic carbocycles. The van der Waals surface area contributed by atoms with Crippen LogP contribution in [0.1, 0.15) is 12.8 Å². The lowest BCUT2D eigenvalue weighted by Gasteiger charge is -2.15. The van der Waals surface area contributed by atoms with E-state index >= 15 is 0 Å². The second-order valence-electron chi connectivity index (χ2n) is 4.09. The van der Waals surface area contributed by atoms with Crippen LogP contribution in [0, 0.1) is 5.92 Å². The molecule has 4 heteroatoms. The van der Waals surface area contributed by atoms with Crippen molar-refractivity contribution in [2.75, 3.05) is 32.8 Å². The molecule has 1 amide bonds. The van der Waals surface area contributed by atoms with Gasteiger partial charge in [-0.25, -0.2) is 0 Å². The molecule has 1 atom stereocenters. The molecule has 2 heterocycles. The molecular weight excluding hydrogens is 192 g/mol. The van der Waals surface area contributed by atoms with Gasteiger partial charge in [-0.2, -0.15) is 0 Å². The zero-order valence-corrected chi connectivity index (χ0v) is 8.92. The third-order valence-corrected chi connectivity index (χ3v) is 2.95. The highest BCUT2D eigenvalue weighted by atomic mass is 16.5. The van der Waals surface area contributed by atoms with Gasteiger partial charge in [-0.15, -0.1) is 0 Å². The van der Waals surface area contributed by atoms with Crippen LogP contribution in [0.15, 0.2) is 11.6 Å². The first-order valence-electron chi connectivity index (χ1n) is 5.60. The molecule has 2 aliphatic heterocycles. The average Bonchev–Trinajstić information content (AvgIpc) is 2.81. The highest BCUT2D eigenvalue weighted by molar-refractivity contribution is 5.79. The van der Waals surface area contributed by atoms with Crippen LogP contribution in [-0.2, 0) is 9.53 Å². The normalized spacial score (nSPS) is 26.1. The number of amides is 1. The number of hydrogen-bond acceptors (Lipinski definition) is 3. The Balaban J connectivity index is 1.72. The van der Waals surface area contributed by atoms with Gasteiger partial charge in [0, 0.05) is 19.7 Å². The van der Waals surface area contributed by atoms with E-state index in [0.717, 1.165) is 32.5 Å². The molecule has 0 spiro atoms. The van der Waals surface area contributed by atoms with Gasteiger partial charge in [-0.1, -0.05) is 11.6 Å². The Morgan fingerprint density at radius 1 is 1.67 bits per heavy atom. The van der Waals surface area contributed by atoms with Crippen LogP contribution in [-0.4, -0.2) is 38.8 Å². The van der Waals surface area contributed by atoms with Crippen molar-refractivity contribution in [2.45, 2.75) is 12.8 Å². The summed E-state index contributed by atoms with van der Waals surface area (Å²) in [7, 11) is 0. The molecule has 1 fully saturated rings. The summed E-state index contributed by atoms with van der Waals surface area (Å²) in [5.74, 6) is 0.222. The maximum absolute atomic E-state index is 11.7. The van der Waals surface area contributed by atoms with Crippen molar-refractivity contribution in [1.29, 1.82) is 0 Å². The van der Waals surface area contributed by atoms with E-state index in [4.69, 9.17) is 4.74 Å². The molecule has 15 heavy (non-hydrogen) atoms. The summed E-state index contributed by atoms with van der Waals surface area (Å²) < 4.78 is 5.18. The molecule has 1 saturated heterocycles. The molecule has 0 radical (unpaired) electrons. The van der Waals surface area contributed by atoms with E-state index in [1.54, 1.807) is 0 Å². The fourth-order valence-electron chi connectivity index (χ4n) is 1.92. The monoisotopic (exact) mass is 210 g/mol. The highest BCUT2D eigenvalue weighted by Gasteiger charge is 2.23. The van der Waals surface area contributed by atoms with Crippen molar-refractivity contribution in [1.82, 2.24) is 10.6 Å². The van der Waals surface area contributed by atoms with Gasteiger partial charge in [-0.3, -0.25) is 4.79 Å². The minimum atomic E-state index is 0.0762. The summed E-state index contributed by atoms with van der Waals surface area (Å²) in [6.45, 7) is 3.97. The molecule has 4 nitrogen and oxygen atoms in total. The van der Waals surface area contributed by atoms with E-state index in [1.165, 1.54) is 5.57 Å². The highest BCUT2D eigenvalue weighted by Crippen LogP contribution is 2.12. The van der Waals surface area contributed by atoms with Gasteiger partial charge in [0.05, 0.1) is 12.5 Å². The summed E-state index contributed by atoms with van der Waals surface area (Å²) in [6, 6.07) is 0. The Morgan fingerprint density at radius 3 is 3.27 bits per heavy atom. The van der Waals surface area contributed by atoms with E-state index in [2.05, 4.69) is 16.7 Å². The first kappa shape index (κ1) is 10.6. The van der Waals surface area contributed by atoms with Crippen molar-refractivity contribution >= 4 is 5.91 Å². The quantitative estimate of drug-likeness (QED) is 0.648. The molecule has 0 aliphatic carbocycles. The zero-order chi connectivity index (χ0) is 10.5. The first-order chi connectivity index (χ1) is 7.36. The minimum absolute atomic E-state index is 0.0762. The summed E-state index contributed by atoms with van der Waals surface area (Å²) >= 11 is 0. The lowest BCUT2D eigenvalue weighted by Crippen LogP contribution is -2.34. The predicted molar refractivity (Wildman–Crippen MR) is 57.5 cm³/mol. The van der Waals surface area contributed by atoms with E-state index in [9.17, 15) is 4.79 Å². The smallest absolute Gasteiger partial charge is 0.225 e. The number of hydrogen-bond donors (Lipinski definition) is 2. The summed E-state index contributed by atoms with van der Waals surface area (Å²) in [6.07, 6.45) is 4.07. The Morgan fingerprint density at radius 2 is 2.60 bits per heavy atom. The molecule has 2 aliphatic rings. The summed E-state index contributed by atoms with van der Waals surface area (Å²) in [4.78, 5) is 11.7. The van der Waals surface area contributed by atoms with Crippen LogP contribution in [0.25, 0.3) is 0 Å². The number of rotatable bonds is 3. The lowest BCUT2D eigenvalue weighted by molar-refractivity contribution is -0.124. The number of nitrogens with one attached hydrogen (secondary N) is 2. The van der Waals surface area contributed by atoms with Gasteiger partial charge in [0.2, 0.25) is 5.91 Å². The maximum Gasteiger partial charge on any atom is 0.225 e. The Hall–Kier alpha value is -0.870. The van der Waals surface area contributed by atoms with Gasteiger partial charge in [0.25, 0.3) is 0 Å². The number of carbonyl (C=O) groups excluding carboxylic acids is 1. The third kappa shape index (κ3) is 3.04. The van der Waals surface area contributed by atoms with Gasteiger partial charge in [0.1, 0.15) is 0 Å². The van der Waals surface area contributed by atoms with Gasteiger partial charge in [-0.05, 0) is 19.4 Å². The SMILES string of the molecule is O=C(NCC1=CCNCC1)C1CCOC1. The van der Waals surface area contributed by atoms with Crippen LogP contribution in [0.3, 0.4) is 0 Å². The third-order valence-electron chi connectivity index (χ3n) is 2.95. The lowest BCUT2D eigenvalue weighted by atomic mass is 10.1. The largest absolute Gasteiger partial charge is 0.381 e. The molecule has 0 aromatic rings. The Labute approximate surface area is 90.1 Å². The van der Waals surface area contributed by atoms with Crippen molar-refractivity contribution in [3.05, 3.63) is 11.6 Å². The fourth-order valence-corrected chi connectivity index (χ4v) is 1.92. The van der Waals surface area contributed by atoms with Crippen LogP contribution in [0.5, 0.6) is 0 Å². The van der Waals surface area contributed by atoms with Crippen LogP contribution < -0.4 is 10.6 Å². The molecule has 84 valence electrons. The van der Waals surface area contributed by atoms with Gasteiger partial charge < -0.3 is 15.4 Å². The molecule has 0 aromatic heterocycles. The standard InChI is InChI=1S/C11H18N2O2/c14-11(10-3-6-15-8-10)13-7-9-1-4-12-5-2-9/h1,10,12H,2-8H2,(H,13,14). The average molecular weight is 210 g/mol. The van der Waals surface area contributed by atoms with Crippen LogP contribution >= 0.6 is 0 Å². The van der Waals surface area contributed by atoms with Crippen molar-refractivity contribution < 1.29 is 9.53 Å². The maximum atomic E-state index is 11.7. The zero-order valence-electron chi connectivity index (χ0n) is 8.92. The second kappa shape index (κ2) is 5.28. The van der Waals surface area contributed by atoms with E-state index in [-0.39, 0.29) is 11.8 Å². The first-order valence-corrected chi connectivity index (χ1v) is 5.60. The Kier molecular flexibility index (Phi) is 3.75. The fraction of sp³-hybridized carbons (Fsp3) is 0.727. The van der Waals surface area contributed by atoms with Crippen LogP contribution in [0.2, 0.25) is 0 Å². The van der Waals surface area contributed by atoms with E-state index < -0.39 is 0 Å². The number of carbonyl (C=O) groups is 1. The number of ether oxygens (including phenoxy) is 1. The summed E-state index contributed by atoms with van der Waals surface area (Å²) in [5.41, 5.74) is 1.33. The molecule has 2 N–H and O–H groups in total. The van der Waals surface area contributed by atoms with E-state index in [0.29, 0.717) is 13.2 Å². The molecule has 0 saturated carbocycles. The van der Waals surface area contributed by atoms with Crippen molar-refractivity contribution in [3.63, 3.8) is 0 Å². The van der Waals surface area contributed by atoms with Crippen LogP contribution in [0.4, 0.5) is 0 Å². The molecule has 2 rings (SSSR count). The predicted octanol–water partition coefficient (Wildman–Crippen LogP) is 0.0588. The molecule has 1 unspecified atom stereocenters. The van der Waals surface area contributed by atoms with Crippen molar-refractivity contribution in [2.24, 2.45) is 5.92 Å². The molecule has 0 bridgehead atoms. The topological polar surface area (TPSA) is 50.4 Å². The van der Waals surface area contributed by atoms with Crippen molar-refractivity contribution in [3.8, 4) is 0 Å². The van der Waals surface area contributed by atoms with Gasteiger partial charge in [0.15, 0.2) is 0 Å². The molecular formula is C11H18N2O2. The Bertz CT molecular complexity index is 257. The summed E-state index contributed by atoms with van der Waals surface area (Å²) in [5, 5.41) is 6.23. The second-order valence-corrected chi connectivity index (χ2v) is 4.09. The minimum Gasteiger partial charge on any atom is -0.381 e. The van der Waals surface area contributed by atoms with Gasteiger partial charge >= 0.3 is 0 Å².